The molecule has 26 heavy (non-hydrogen) atoms. The Balaban J connectivity index is 1.67. The number of methoxy groups -OCH3 is 1. The quantitative estimate of drug-likeness (QED) is 0.676. The molecule has 3 aromatic rings. The zero-order valence-corrected chi connectivity index (χ0v) is 15.0. The van der Waals surface area contributed by atoms with Gasteiger partial charge in [-0.05, 0) is 30.7 Å². The highest BCUT2D eigenvalue weighted by Crippen LogP contribution is 2.18. The number of nitrogens with zero attached hydrogens (tertiary/aromatic N) is 2. The van der Waals surface area contributed by atoms with Gasteiger partial charge in [0.25, 0.3) is 0 Å². The minimum absolute atomic E-state index is 0.117. The maximum absolute atomic E-state index is 12.5. The molecule has 0 saturated carbocycles. The Morgan fingerprint density at radius 1 is 1.19 bits per heavy atom. The van der Waals surface area contributed by atoms with Crippen molar-refractivity contribution in [1.82, 2.24) is 15.1 Å². The minimum atomic E-state index is -0.229. The van der Waals surface area contributed by atoms with E-state index in [2.05, 4.69) is 10.4 Å². The number of amides is 1. The van der Waals surface area contributed by atoms with E-state index >= 15 is 0 Å². The van der Waals surface area contributed by atoms with Gasteiger partial charge in [0.15, 0.2) is 0 Å². The number of fused-ring (bicyclic) bond motifs is 1. The third-order valence-corrected chi connectivity index (χ3v) is 4.03. The summed E-state index contributed by atoms with van der Waals surface area (Å²) in [5.41, 5.74) is 1.84. The molecule has 0 spiro atoms. The summed E-state index contributed by atoms with van der Waals surface area (Å²) in [5, 5.41) is 8.45. The second-order valence-electron chi connectivity index (χ2n) is 5.96. The van der Waals surface area contributed by atoms with Gasteiger partial charge in [0, 0.05) is 18.7 Å². The van der Waals surface area contributed by atoms with Crippen LogP contribution in [0.2, 0.25) is 0 Å². The van der Waals surface area contributed by atoms with Crippen LogP contribution in [-0.2, 0) is 16.1 Å². The summed E-state index contributed by atoms with van der Waals surface area (Å²) in [6.07, 6.45) is 1.87. The Kier molecular flexibility index (Phi) is 5.86. The summed E-state index contributed by atoms with van der Waals surface area (Å²) in [4.78, 5) is 12.5. The molecule has 0 bridgehead atoms. The van der Waals surface area contributed by atoms with E-state index in [0.717, 1.165) is 22.2 Å². The molecule has 2 aromatic carbocycles. The predicted molar refractivity (Wildman–Crippen MR) is 100 cm³/mol. The first-order valence-corrected chi connectivity index (χ1v) is 8.63. The van der Waals surface area contributed by atoms with Gasteiger partial charge in [0.05, 0.1) is 24.8 Å². The van der Waals surface area contributed by atoms with E-state index in [-0.39, 0.29) is 18.5 Å². The van der Waals surface area contributed by atoms with Crippen LogP contribution in [0.4, 0.5) is 0 Å². The van der Waals surface area contributed by atoms with E-state index in [4.69, 9.17) is 9.47 Å². The lowest BCUT2D eigenvalue weighted by Crippen LogP contribution is -2.34. The fourth-order valence-corrected chi connectivity index (χ4v) is 2.83. The lowest BCUT2D eigenvalue weighted by molar-refractivity contribution is -0.123. The summed E-state index contributed by atoms with van der Waals surface area (Å²) in [7, 11) is 1.62. The topological polar surface area (TPSA) is 65.4 Å². The normalized spacial score (nSPS) is 12.1. The monoisotopic (exact) mass is 353 g/mol. The number of benzene rings is 2. The van der Waals surface area contributed by atoms with Crippen molar-refractivity contribution < 1.29 is 14.3 Å². The first-order chi connectivity index (χ1) is 12.7. The zero-order valence-electron chi connectivity index (χ0n) is 15.0. The Hall–Kier alpha value is -2.86. The highest BCUT2D eigenvalue weighted by atomic mass is 16.5. The second-order valence-corrected chi connectivity index (χ2v) is 5.96. The van der Waals surface area contributed by atoms with E-state index < -0.39 is 0 Å². The number of hydrogen-bond acceptors (Lipinski definition) is 4. The van der Waals surface area contributed by atoms with E-state index in [9.17, 15) is 4.79 Å². The number of hydrogen-bond donors (Lipinski definition) is 1. The first-order valence-electron chi connectivity index (χ1n) is 8.63. The first kappa shape index (κ1) is 17.9. The molecule has 6 heteroatoms. The molecule has 0 aliphatic heterocycles. The number of ether oxygens (including phenoxy) is 2. The van der Waals surface area contributed by atoms with Crippen molar-refractivity contribution in [3.8, 4) is 5.75 Å². The summed E-state index contributed by atoms with van der Waals surface area (Å²) < 4.78 is 12.4. The van der Waals surface area contributed by atoms with Gasteiger partial charge in [0.2, 0.25) is 5.91 Å². The summed E-state index contributed by atoms with van der Waals surface area (Å²) in [6.45, 7) is 3.11. The van der Waals surface area contributed by atoms with Gasteiger partial charge < -0.3 is 14.8 Å². The fraction of sp³-hybridized carbons (Fsp3) is 0.300. The SMILES string of the molecule is CCOc1ccc(C(COC)NC(=O)Cn2cc3ccccc3n2)cc1. The Bertz CT molecular complexity index is 825. The van der Waals surface area contributed by atoms with Gasteiger partial charge >= 0.3 is 0 Å². The lowest BCUT2D eigenvalue weighted by atomic mass is 10.1. The molecule has 1 unspecified atom stereocenters. The summed E-state index contributed by atoms with van der Waals surface area (Å²) in [5.74, 6) is 0.690. The molecular weight excluding hydrogens is 330 g/mol. The highest BCUT2D eigenvalue weighted by molar-refractivity contribution is 5.80. The number of aromatic nitrogens is 2. The van der Waals surface area contributed by atoms with Crippen LogP contribution >= 0.6 is 0 Å². The van der Waals surface area contributed by atoms with E-state index in [1.54, 1.807) is 11.8 Å². The average molecular weight is 353 g/mol. The van der Waals surface area contributed by atoms with Crippen LogP contribution in [0.1, 0.15) is 18.5 Å². The Morgan fingerprint density at radius 3 is 2.65 bits per heavy atom. The smallest absolute Gasteiger partial charge is 0.242 e. The molecule has 0 fully saturated rings. The number of carbonyl (C=O) groups excluding carboxylic acids is 1. The summed E-state index contributed by atoms with van der Waals surface area (Å²) in [6, 6.07) is 15.2. The average Bonchev–Trinajstić information content (AvgIpc) is 3.04. The molecule has 1 N–H and O–H groups in total. The van der Waals surface area contributed by atoms with Gasteiger partial charge in [-0.25, -0.2) is 0 Å². The van der Waals surface area contributed by atoms with Crippen molar-refractivity contribution in [3.05, 3.63) is 60.3 Å². The van der Waals surface area contributed by atoms with Crippen molar-refractivity contribution in [2.24, 2.45) is 0 Å². The molecular formula is C20H23N3O3. The van der Waals surface area contributed by atoms with Crippen LogP contribution in [0.15, 0.2) is 54.7 Å². The summed E-state index contributed by atoms with van der Waals surface area (Å²) >= 11 is 0. The molecule has 1 atom stereocenters. The van der Waals surface area contributed by atoms with Gasteiger partial charge in [-0.15, -0.1) is 0 Å². The number of carbonyl (C=O) groups is 1. The van der Waals surface area contributed by atoms with Crippen molar-refractivity contribution in [2.45, 2.75) is 19.5 Å². The standard InChI is InChI=1S/C20H23N3O3/c1-3-26-17-10-8-15(9-11-17)19(14-25-2)21-20(24)13-23-12-16-6-4-5-7-18(16)22-23/h4-12,19H,3,13-14H2,1-2H3,(H,21,24). The zero-order chi connectivity index (χ0) is 18.4. The molecule has 3 rings (SSSR count). The van der Waals surface area contributed by atoms with Crippen LogP contribution in [0, 0.1) is 0 Å². The molecule has 1 aromatic heterocycles. The molecule has 0 aliphatic carbocycles. The van der Waals surface area contributed by atoms with E-state index in [1.165, 1.54) is 0 Å². The van der Waals surface area contributed by atoms with Crippen LogP contribution < -0.4 is 10.1 Å². The third-order valence-electron chi connectivity index (χ3n) is 4.03. The molecule has 0 saturated heterocycles. The van der Waals surface area contributed by atoms with Gasteiger partial charge in [-0.1, -0.05) is 30.3 Å². The number of rotatable bonds is 8. The second kappa shape index (κ2) is 8.49. The fourth-order valence-electron chi connectivity index (χ4n) is 2.83. The van der Waals surface area contributed by atoms with E-state index in [0.29, 0.717) is 13.2 Å². The molecule has 1 amide bonds. The predicted octanol–water partition coefficient (Wildman–Crippen LogP) is 2.94. The Morgan fingerprint density at radius 2 is 1.96 bits per heavy atom. The van der Waals surface area contributed by atoms with Gasteiger partial charge in [-0.3, -0.25) is 9.48 Å². The van der Waals surface area contributed by atoms with Crippen LogP contribution in [0.5, 0.6) is 5.75 Å². The van der Waals surface area contributed by atoms with E-state index in [1.807, 2.05) is 61.7 Å². The maximum Gasteiger partial charge on any atom is 0.242 e. The van der Waals surface area contributed by atoms with Crippen molar-refractivity contribution in [3.63, 3.8) is 0 Å². The van der Waals surface area contributed by atoms with Crippen molar-refractivity contribution in [2.75, 3.05) is 20.3 Å². The van der Waals surface area contributed by atoms with Crippen molar-refractivity contribution >= 4 is 16.8 Å². The molecule has 0 radical (unpaired) electrons. The molecule has 136 valence electrons. The van der Waals surface area contributed by atoms with Gasteiger partial charge in [-0.2, -0.15) is 5.10 Å². The molecule has 1 heterocycles. The maximum atomic E-state index is 12.5. The highest BCUT2D eigenvalue weighted by Gasteiger charge is 2.15. The molecule has 0 aliphatic rings. The minimum Gasteiger partial charge on any atom is -0.494 e. The molecule has 6 nitrogen and oxygen atoms in total. The Labute approximate surface area is 152 Å². The number of nitrogens with one attached hydrogen (secondary N) is 1. The van der Waals surface area contributed by atoms with Crippen LogP contribution in [-0.4, -0.2) is 36.0 Å². The van der Waals surface area contributed by atoms with Gasteiger partial charge in [0.1, 0.15) is 12.3 Å². The van der Waals surface area contributed by atoms with Crippen LogP contribution in [0.25, 0.3) is 10.9 Å². The van der Waals surface area contributed by atoms with Crippen molar-refractivity contribution in [1.29, 1.82) is 0 Å². The van der Waals surface area contributed by atoms with Crippen LogP contribution in [0.3, 0.4) is 0 Å². The largest absolute Gasteiger partial charge is 0.494 e. The third kappa shape index (κ3) is 4.40. The lowest BCUT2D eigenvalue weighted by Gasteiger charge is -2.19.